The zero-order valence-corrected chi connectivity index (χ0v) is 19.5. The molecule has 1 aromatic carbocycles. The quantitative estimate of drug-likeness (QED) is 0.657. The second-order valence-corrected chi connectivity index (χ2v) is 9.85. The molecule has 3 heterocycles. The fraction of sp³-hybridized carbons (Fsp3) is 0.600. The summed E-state index contributed by atoms with van der Waals surface area (Å²) in [6.07, 6.45) is 7.05. The first-order valence-corrected chi connectivity index (χ1v) is 12.6. The number of nitrogens with zero attached hydrogens (tertiary/aromatic N) is 2. The maximum Gasteiger partial charge on any atom is 0.161 e. The number of ether oxygens (including phenoxy) is 2. The molecule has 31 heavy (non-hydrogen) atoms. The molecule has 1 N–H and O–H groups in total. The monoisotopic (exact) mass is 444 g/mol. The minimum Gasteiger partial charge on any atom is -0.493 e. The predicted octanol–water partition coefficient (Wildman–Crippen LogP) is 4.32. The van der Waals surface area contributed by atoms with Crippen molar-refractivity contribution in [2.24, 2.45) is 0 Å². The lowest BCUT2D eigenvalue weighted by Gasteiger charge is -2.27. The van der Waals surface area contributed by atoms with Gasteiger partial charge in [0.25, 0.3) is 0 Å². The molecule has 0 radical (unpaired) electrons. The Kier molecular flexibility index (Phi) is 8.25. The summed E-state index contributed by atoms with van der Waals surface area (Å²) in [7, 11) is 1.67. The van der Waals surface area contributed by atoms with E-state index in [0.29, 0.717) is 6.54 Å². The lowest BCUT2D eigenvalue weighted by Crippen LogP contribution is -2.37. The second-order valence-electron chi connectivity index (χ2n) is 8.85. The molecule has 5 nitrogen and oxygen atoms in total. The zero-order valence-electron chi connectivity index (χ0n) is 18.7. The smallest absolute Gasteiger partial charge is 0.161 e. The first kappa shape index (κ1) is 22.6. The van der Waals surface area contributed by atoms with Crippen LogP contribution in [0, 0.1) is 0 Å². The van der Waals surface area contributed by atoms with Gasteiger partial charge in [-0.1, -0.05) is 25.3 Å². The molecular formula is C25H36N2O3S. The number of thiophene rings is 1. The molecule has 170 valence electrons. The average molecular weight is 445 g/mol. The van der Waals surface area contributed by atoms with Crippen molar-refractivity contribution in [2.45, 2.75) is 57.7 Å². The minimum atomic E-state index is -0.494. The summed E-state index contributed by atoms with van der Waals surface area (Å²) in [5.41, 5.74) is 2.68. The molecule has 1 atom stereocenters. The summed E-state index contributed by atoms with van der Waals surface area (Å²) in [6.45, 7) is 6.12. The van der Waals surface area contributed by atoms with Gasteiger partial charge in [-0.2, -0.15) is 0 Å². The first-order valence-electron chi connectivity index (χ1n) is 11.7. The molecule has 2 aliphatic rings. The van der Waals surface area contributed by atoms with E-state index in [1.165, 1.54) is 48.1 Å². The van der Waals surface area contributed by atoms with Crippen LogP contribution in [0.25, 0.3) is 0 Å². The average Bonchev–Trinajstić information content (AvgIpc) is 3.22. The van der Waals surface area contributed by atoms with E-state index in [4.69, 9.17) is 9.47 Å². The maximum atomic E-state index is 10.6. The van der Waals surface area contributed by atoms with E-state index in [1.54, 1.807) is 7.11 Å². The molecule has 1 fully saturated rings. The van der Waals surface area contributed by atoms with Crippen LogP contribution in [0.5, 0.6) is 11.5 Å². The third-order valence-electron chi connectivity index (χ3n) is 6.37. The van der Waals surface area contributed by atoms with Gasteiger partial charge < -0.3 is 19.5 Å². The number of methoxy groups -OCH3 is 1. The molecular weight excluding hydrogens is 408 g/mol. The van der Waals surface area contributed by atoms with Crippen LogP contribution >= 0.6 is 11.3 Å². The largest absolute Gasteiger partial charge is 0.493 e. The Morgan fingerprint density at radius 3 is 2.61 bits per heavy atom. The van der Waals surface area contributed by atoms with Gasteiger partial charge in [-0.25, -0.2) is 0 Å². The van der Waals surface area contributed by atoms with Gasteiger partial charge in [-0.15, -0.1) is 11.3 Å². The lowest BCUT2D eigenvalue weighted by atomic mass is 10.1. The van der Waals surface area contributed by atoms with Crippen LogP contribution in [-0.4, -0.2) is 60.9 Å². The molecule has 2 aromatic rings. The van der Waals surface area contributed by atoms with Crippen LogP contribution < -0.4 is 9.47 Å². The van der Waals surface area contributed by atoms with Crippen molar-refractivity contribution in [1.82, 2.24) is 9.80 Å². The van der Waals surface area contributed by atoms with Gasteiger partial charge in [0.05, 0.1) is 7.11 Å². The van der Waals surface area contributed by atoms with Gasteiger partial charge in [0, 0.05) is 31.1 Å². The summed E-state index contributed by atoms with van der Waals surface area (Å²) in [5, 5.41) is 12.8. The molecule has 2 aliphatic heterocycles. The van der Waals surface area contributed by atoms with Crippen LogP contribution in [-0.2, 0) is 19.5 Å². The number of aliphatic hydroxyl groups excluding tert-OH is 1. The maximum absolute atomic E-state index is 10.6. The molecule has 0 saturated carbocycles. The van der Waals surface area contributed by atoms with E-state index >= 15 is 0 Å². The molecule has 1 aromatic heterocycles. The molecule has 0 spiro atoms. The Morgan fingerprint density at radius 1 is 1.00 bits per heavy atom. The number of benzene rings is 1. The minimum absolute atomic E-state index is 0.290. The third kappa shape index (κ3) is 6.45. The highest BCUT2D eigenvalue weighted by Gasteiger charge is 2.19. The highest BCUT2D eigenvalue weighted by atomic mass is 32.1. The van der Waals surface area contributed by atoms with Crippen molar-refractivity contribution < 1.29 is 14.6 Å². The second kappa shape index (κ2) is 11.3. The van der Waals surface area contributed by atoms with Gasteiger partial charge in [0.2, 0.25) is 0 Å². The van der Waals surface area contributed by atoms with Crippen LogP contribution in [0.15, 0.2) is 29.6 Å². The Labute approximate surface area is 190 Å². The Bertz CT molecular complexity index is 817. The van der Waals surface area contributed by atoms with Crippen LogP contribution in [0.2, 0.25) is 0 Å². The fourth-order valence-electron chi connectivity index (χ4n) is 4.66. The number of hydrogen-bond acceptors (Lipinski definition) is 6. The van der Waals surface area contributed by atoms with Gasteiger partial charge in [0.15, 0.2) is 11.5 Å². The summed E-state index contributed by atoms with van der Waals surface area (Å²) in [4.78, 5) is 6.40. The van der Waals surface area contributed by atoms with Crippen LogP contribution in [0.3, 0.4) is 0 Å². The first-order chi connectivity index (χ1) is 15.2. The molecule has 0 amide bonds. The van der Waals surface area contributed by atoms with Crippen molar-refractivity contribution in [3.8, 4) is 11.5 Å². The Balaban J connectivity index is 1.32. The van der Waals surface area contributed by atoms with E-state index in [9.17, 15) is 5.11 Å². The lowest BCUT2D eigenvalue weighted by molar-refractivity contribution is 0.0644. The van der Waals surface area contributed by atoms with Gasteiger partial charge >= 0.3 is 0 Å². The molecule has 1 saturated heterocycles. The number of aliphatic hydroxyl groups is 1. The van der Waals surface area contributed by atoms with Gasteiger partial charge in [-0.3, -0.25) is 4.90 Å². The van der Waals surface area contributed by atoms with Crippen LogP contribution in [0.1, 0.15) is 48.1 Å². The molecule has 1 unspecified atom stereocenters. The molecule has 0 bridgehead atoms. The summed E-state index contributed by atoms with van der Waals surface area (Å²) in [5.74, 6) is 1.45. The highest BCUT2D eigenvalue weighted by molar-refractivity contribution is 7.10. The normalized spacial score (nSPS) is 19.3. The number of likely N-dealkylation sites (tertiary alicyclic amines) is 1. The van der Waals surface area contributed by atoms with E-state index in [1.807, 2.05) is 17.4 Å². The summed E-state index contributed by atoms with van der Waals surface area (Å²) >= 11 is 1.87. The fourth-order valence-corrected chi connectivity index (χ4v) is 5.55. The van der Waals surface area contributed by atoms with E-state index in [2.05, 4.69) is 33.4 Å². The molecule has 6 heteroatoms. The number of β-amino-alcohol motifs (C(OH)–C–C–N with tert-alkyl or cyclic N) is 1. The third-order valence-corrected chi connectivity index (χ3v) is 7.39. The zero-order chi connectivity index (χ0) is 21.5. The van der Waals surface area contributed by atoms with Crippen molar-refractivity contribution in [1.29, 1.82) is 0 Å². The summed E-state index contributed by atoms with van der Waals surface area (Å²) in [6, 6.07) is 8.42. The summed E-state index contributed by atoms with van der Waals surface area (Å²) < 4.78 is 11.6. The number of rotatable bonds is 8. The Morgan fingerprint density at radius 2 is 1.81 bits per heavy atom. The van der Waals surface area contributed by atoms with Crippen molar-refractivity contribution in [3.63, 3.8) is 0 Å². The molecule has 4 rings (SSSR count). The van der Waals surface area contributed by atoms with Gasteiger partial charge in [-0.05, 0) is 67.1 Å². The highest BCUT2D eigenvalue weighted by Crippen LogP contribution is 2.30. The van der Waals surface area contributed by atoms with Gasteiger partial charge in [0.1, 0.15) is 12.7 Å². The molecule has 0 aliphatic carbocycles. The van der Waals surface area contributed by atoms with Crippen molar-refractivity contribution in [2.75, 3.05) is 39.9 Å². The van der Waals surface area contributed by atoms with Crippen molar-refractivity contribution >= 4 is 11.3 Å². The van der Waals surface area contributed by atoms with E-state index in [0.717, 1.165) is 50.6 Å². The standard InChI is InChI=1S/C25H36N2O3S/c1-29-23-8-7-20(16-27-13-9-25-21(17-27)10-14-31-25)15-24(23)30-19-22(28)18-26-11-5-3-2-4-6-12-26/h7-8,10,14-15,22,28H,2-6,9,11-13,16-19H2,1H3. The van der Waals surface area contributed by atoms with Crippen molar-refractivity contribution in [3.05, 3.63) is 45.6 Å². The topological polar surface area (TPSA) is 45.2 Å². The number of fused-ring (bicyclic) bond motifs is 1. The SMILES string of the molecule is COc1ccc(CN2CCc3sccc3C2)cc1OCC(O)CN1CCCCCCC1. The number of hydrogen-bond donors (Lipinski definition) is 1. The predicted molar refractivity (Wildman–Crippen MR) is 126 cm³/mol. The Hall–Kier alpha value is -1.60. The van der Waals surface area contributed by atoms with Crippen LogP contribution in [0.4, 0.5) is 0 Å². The van der Waals surface area contributed by atoms with E-state index in [-0.39, 0.29) is 6.61 Å². The van der Waals surface area contributed by atoms with E-state index < -0.39 is 6.10 Å².